The fraction of sp³-hybridized carbons (Fsp3) is 1.00. The van der Waals surface area contributed by atoms with Crippen molar-refractivity contribution in [2.75, 3.05) is 26.2 Å². The Bertz CT molecular complexity index is 209. The molecule has 0 spiro atoms. The Labute approximate surface area is 107 Å². The predicted molar refractivity (Wildman–Crippen MR) is 74.3 cm³/mol. The summed E-state index contributed by atoms with van der Waals surface area (Å²) < 4.78 is 0. The van der Waals surface area contributed by atoms with Gasteiger partial charge in [-0.1, -0.05) is 26.7 Å². The first-order valence-electron chi connectivity index (χ1n) is 7.71. The number of likely N-dealkylation sites (tertiary alicyclic amines) is 1. The molecule has 1 saturated carbocycles. The van der Waals surface area contributed by atoms with E-state index in [1.807, 2.05) is 0 Å². The van der Waals surface area contributed by atoms with Crippen LogP contribution in [0.15, 0.2) is 0 Å². The van der Waals surface area contributed by atoms with Crippen LogP contribution in [0, 0.1) is 11.8 Å². The second-order valence-corrected chi connectivity index (χ2v) is 6.37. The van der Waals surface area contributed by atoms with Gasteiger partial charge in [-0.25, -0.2) is 0 Å². The van der Waals surface area contributed by atoms with Crippen LogP contribution in [0.2, 0.25) is 0 Å². The van der Waals surface area contributed by atoms with Crippen molar-refractivity contribution in [3.8, 4) is 0 Å². The summed E-state index contributed by atoms with van der Waals surface area (Å²) in [4.78, 5) is 2.61. The minimum absolute atomic E-state index is 0.804. The summed E-state index contributed by atoms with van der Waals surface area (Å²) in [6, 6.07) is 0.804. The SMILES string of the molecule is CC(C)C1CCCC(NCCN2CCCC2)C1. The molecule has 1 heterocycles. The highest BCUT2D eigenvalue weighted by Crippen LogP contribution is 2.29. The third-order valence-corrected chi connectivity index (χ3v) is 4.72. The van der Waals surface area contributed by atoms with Gasteiger partial charge in [-0.2, -0.15) is 0 Å². The molecular weight excluding hydrogens is 208 g/mol. The van der Waals surface area contributed by atoms with Crippen LogP contribution in [0.25, 0.3) is 0 Å². The lowest BCUT2D eigenvalue weighted by Crippen LogP contribution is -2.39. The number of nitrogens with zero attached hydrogens (tertiary/aromatic N) is 1. The topological polar surface area (TPSA) is 15.3 Å². The average Bonchev–Trinajstić information content (AvgIpc) is 2.82. The first-order valence-corrected chi connectivity index (χ1v) is 7.71. The highest BCUT2D eigenvalue weighted by molar-refractivity contribution is 4.80. The van der Waals surface area contributed by atoms with Crippen LogP contribution < -0.4 is 5.32 Å². The lowest BCUT2D eigenvalue weighted by atomic mass is 9.79. The smallest absolute Gasteiger partial charge is 0.0107 e. The predicted octanol–water partition coefficient (Wildman–Crippen LogP) is 2.89. The van der Waals surface area contributed by atoms with Gasteiger partial charge in [0.05, 0.1) is 0 Å². The molecule has 0 amide bonds. The number of hydrogen-bond acceptors (Lipinski definition) is 2. The van der Waals surface area contributed by atoms with E-state index in [9.17, 15) is 0 Å². The maximum atomic E-state index is 3.79. The number of nitrogens with one attached hydrogen (secondary N) is 1. The molecule has 100 valence electrons. The van der Waals surface area contributed by atoms with E-state index >= 15 is 0 Å². The molecule has 2 nitrogen and oxygen atoms in total. The minimum atomic E-state index is 0.804. The first kappa shape index (κ1) is 13.4. The molecule has 2 rings (SSSR count). The Morgan fingerprint density at radius 3 is 2.59 bits per heavy atom. The van der Waals surface area contributed by atoms with Crippen LogP contribution in [0.5, 0.6) is 0 Å². The standard InChI is InChI=1S/C15H30N2/c1-13(2)14-6-5-7-15(12-14)16-8-11-17-9-3-4-10-17/h13-16H,3-12H2,1-2H3. The van der Waals surface area contributed by atoms with E-state index in [4.69, 9.17) is 0 Å². The normalized spacial score (nSPS) is 31.2. The van der Waals surface area contributed by atoms with Crippen molar-refractivity contribution < 1.29 is 0 Å². The van der Waals surface area contributed by atoms with Crippen LogP contribution in [-0.2, 0) is 0 Å². The fourth-order valence-electron chi connectivity index (χ4n) is 3.45. The Balaban J connectivity index is 1.61. The van der Waals surface area contributed by atoms with Crippen molar-refractivity contribution in [1.82, 2.24) is 10.2 Å². The molecule has 2 atom stereocenters. The minimum Gasteiger partial charge on any atom is -0.313 e. The van der Waals surface area contributed by atoms with Gasteiger partial charge in [0.2, 0.25) is 0 Å². The summed E-state index contributed by atoms with van der Waals surface area (Å²) in [5.41, 5.74) is 0. The van der Waals surface area contributed by atoms with Gasteiger partial charge in [0.1, 0.15) is 0 Å². The second-order valence-electron chi connectivity index (χ2n) is 6.37. The molecule has 1 aliphatic heterocycles. The molecule has 0 aromatic rings. The third kappa shape index (κ3) is 4.26. The van der Waals surface area contributed by atoms with Crippen LogP contribution in [0.4, 0.5) is 0 Å². The van der Waals surface area contributed by atoms with Crippen molar-refractivity contribution >= 4 is 0 Å². The van der Waals surface area contributed by atoms with Crippen molar-refractivity contribution in [3.05, 3.63) is 0 Å². The summed E-state index contributed by atoms with van der Waals surface area (Å²) >= 11 is 0. The van der Waals surface area contributed by atoms with Gasteiger partial charge in [0.15, 0.2) is 0 Å². The van der Waals surface area contributed by atoms with E-state index < -0.39 is 0 Å². The highest BCUT2D eigenvalue weighted by atomic mass is 15.2. The molecule has 2 heteroatoms. The Morgan fingerprint density at radius 1 is 1.12 bits per heavy atom. The van der Waals surface area contributed by atoms with Crippen molar-refractivity contribution in [1.29, 1.82) is 0 Å². The zero-order valence-electron chi connectivity index (χ0n) is 11.8. The van der Waals surface area contributed by atoms with Gasteiger partial charge in [-0.15, -0.1) is 0 Å². The second kappa shape index (κ2) is 6.75. The molecule has 2 aliphatic rings. The van der Waals surface area contributed by atoms with Crippen molar-refractivity contribution in [2.24, 2.45) is 11.8 Å². The van der Waals surface area contributed by atoms with E-state index in [0.717, 1.165) is 17.9 Å². The maximum absolute atomic E-state index is 3.79. The monoisotopic (exact) mass is 238 g/mol. The van der Waals surface area contributed by atoms with Gasteiger partial charge in [0.25, 0.3) is 0 Å². The summed E-state index contributed by atoms with van der Waals surface area (Å²) in [5, 5.41) is 3.79. The molecule has 0 aromatic carbocycles. The lowest BCUT2D eigenvalue weighted by molar-refractivity contribution is 0.225. The highest BCUT2D eigenvalue weighted by Gasteiger charge is 2.23. The van der Waals surface area contributed by atoms with E-state index in [-0.39, 0.29) is 0 Å². The van der Waals surface area contributed by atoms with Crippen LogP contribution in [0.1, 0.15) is 52.4 Å². The summed E-state index contributed by atoms with van der Waals surface area (Å²) in [7, 11) is 0. The van der Waals surface area contributed by atoms with Crippen molar-refractivity contribution in [2.45, 2.75) is 58.4 Å². The van der Waals surface area contributed by atoms with Gasteiger partial charge < -0.3 is 10.2 Å². The van der Waals surface area contributed by atoms with Gasteiger partial charge in [-0.3, -0.25) is 0 Å². The summed E-state index contributed by atoms with van der Waals surface area (Å²) in [5.74, 6) is 1.84. The molecule has 17 heavy (non-hydrogen) atoms. The zero-order valence-corrected chi connectivity index (χ0v) is 11.8. The van der Waals surface area contributed by atoms with Gasteiger partial charge in [0, 0.05) is 19.1 Å². The largest absolute Gasteiger partial charge is 0.313 e. The Morgan fingerprint density at radius 2 is 1.88 bits per heavy atom. The lowest BCUT2D eigenvalue weighted by Gasteiger charge is -2.32. The van der Waals surface area contributed by atoms with Gasteiger partial charge >= 0.3 is 0 Å². The molecule has 1 aliphatic carbocycles. The van der Waals surface area contributed by atoms with E-state index in [1.165, 1.54) is 64.7 Å². The fourth-order valence-corrected chi connectivity index (χ4v) is 3.45. The molecule has 0 radical (unpaired) electrons. The maximum Gasteiger partial charge on any atom is 0.0107 e. The molecule has 1 N–H and O–H groups in total. The first-order chi connectivity index (χ1) is 8.25. The van der Waals surface area contributed by atoms with Crippen LogP contribution >= 0.6 is 0 Å². The Hall–Kier alpha value is -0.0800. The molecule has 0 bridgehead atoms. The van der Waals surface area contributed by atoms with Crippen molar-refractivity contribution in [3.63, 3.8) is 0 Å². The zero-order chi connectivity index (χ0) is 12.1. The molecule has 0 aromatic heterocycles. The Kier molecular flexibility index (Phi) is 5.30. The van der Waals surface area contributed by atoms with Crippen LogP contribution in [-0.4, -0.2) is 37.1 Å². The molecule has 2 unspecified atom stereocenters. The van der Waals surface area contributed by atoms with E-state index in [0.29, 0.717) is 0 Å². The van der Waals surface area contributed by atoms with E-state index in [1.54, 1.807) is 0 Å². The van der Waals surface area contributed by atoms with E-state index in [2.05, 4.69) is 24.1 Å². The summed E-state index contributed by atoms with van der Waals surface area (Å²) in [6.45, 7) is 9.91. The quantitative estimate of drug-likeness (QED) is 0.792. The molecule has 2 fully saturated rings. The average molecular weight is 238 g/mol. The van der Waals surface area contributed by atoms with Gasteiger partial charge in [-0.05, 0) is 50.6 Å². The van der Waals surface area contributed by atoms with Crippen LogP contribution in [0.3, 0.4) is 0 Å². The molecular formula is C15H30N2. The summed E-state index contributed by atoms with van der Waals surface area (Å²) in [6.07, 6.45) is 8.55. The number of hydrogen-bond donors (Lipinski definition) is 1. The number of rotatable bonds is 5. The third-order valence-electron chi connectivity index (χ3n) is 4.72. The molecule has 1 saturated heterocycles.